The summed E-state index contributed by atoms with van der Waals surface area (Å²) in [4.78, 5) is 24.0. The summed E-state index contributed by atoms with van der Waals surface area (Å²) in [6, 6.07) is 4.71. The number of hydrogen-bond donors (Lipinski definition) is 1. The van der Waals surface area contributed by atoms with Gasteiger partial charge in [-0.25, -0.2) is 0 Å². The summed E-state index contributed by atoms with van der Waals surface area (Å²) in [5, 5.41) is 2.72. The Labute approximate surface area is 125 Å². The van der Waals surface area contributed by atoms with Gasteiger partial charge in [0.1, 0.15) is 0 Å². The number of carbonyl (C=O) groups is 2. The SMILES string of the molecule is O=C1C[C@H](c2ccc(C(F)(F)F)cc2)C2=C(CCCC2=O)N1. The third kappa shape index (κ3) is 2.65. The van der Waals surface area contributed by atoms with Gasteiger partial charge in [0.25, 0.3) is 0 Å². The molecule has 1 aliphatic heterocycles. The van der Waals surface area contributed by atoms with E-state index in [0.29, 0.717) is 36.1 Å². The summed E-state index contributed by atoms with van der Waals surface area (Å²) in [7, 11) is 0. The first-order valence-corrected chi connectivity index (χ1v) is 7.09. The first-order chi connectivity index (χ1) is 10.4. The van der Waals surface area contributed by atoms with Gasteiger partial charge in [0, 0.05) is 30.0 Å². The molecule has 0 aromatic heterocycles. The number of halogens is 3. The molecule has 1 amide bonds. The number of allylic oxidation sites excluding steroid dienone is 2. The quantitative estimate of drug-likeness (QED) is 0.865. The van der Waals surface area contributed by atoms with Crippen LogP contribution in [0.15, 0.2) is 35.5 Å². The number of benzene rings is 1. The summed E-state index contributed by atoms with van der Waals surface area (Å²) >= 11 is 0. The molecule has 0 fully saturated rings. The van der Waals surface area contributed by atoms with Gasteiger partial charge < -0.3 is 5.32 Å². The van der Waals surface area contributed by atoms with Crippen LogP contribution in [-0.4, -0.2) is 11.7 Å². The van der Waals surface area contributed by atoms with E-state index in [1.165, 1.54) is 12.1 Å². The van der Waals surface area contributed by atoms with E-state index >= 15 is 0 Å². The minimum atomic E-state index is -4.40. The summed E-state index contributed by atoms with van der Waals surface area (Å²) < 4.78 is 37.9. The number of carbonyl (C=O) groups excluding carboxylic acids is 2. The third-order valence-electron chi connectivity index (χ3n) is 4.12. The third-order valence-corrected chi connectivity index (χ3v) is 4.12. The number of rotatable bonds is 1. The minimum Gasteiger partial charge on any atom is -0.329 e. The monoisotopic (exact) mass is 309 g/mol. The molecule has 1 heterocycles. The largest absolute Gasteiger partial charge is 0.416 e. The van der Waals surface area contributed by atoms with Crippen molar-refractivity contribution in [3.05, 3.63) is 46.7 Å². The fraction of sp³-hybridized carbons (Fsp3) is 0.375. The Bertz CT molecular complexity index is 659. The average molecular weight is 309 g/mol. The van der Waals surface area contributed by atoms with Gasteiger partial charge in [0.05, 0.1) is 5.56 Å². The molecule has 0 saturated carbocycles. The molecule has 3 rings (SSSR count). The van der Waals surface area contributed by atoms with Crippen molar-refractivity contribution in [3.63, 3.8) is 0 Å². The summed E-state index contributed by atoms with van der Waals surface area (Å²) in [6.45, 7) is 0. The van der Waals surface area contributed by atoms with Crippen LogP contribution in [0, 0.1) is 0 Å². The van der Waals surface area contributed by atoms with E-state index < -0.39 is 17.7 Å². The maximum Gasteiger partial charge on any atom is 0.416 e. The lowest BCUT2D eigenvalue weighted by atomic mass is 9.78. The van der Waals surface area contributed by atoms with Crippen molar-refractivity contribution in [2.24, 2.45) is 0 Å². The molecule has 6 heteroatoms. The highest BCUT2D eigenvalue weighted by Gasteiger charge is 2.35. The van der Waals surface area contributed by atoms with Crippen LogP contribution >= 0.6 is 0 Å². The topological polar surface area (TPSA) is 46.2 Å². The smallest absolute Gasteiger partial charge is 0.329 e. The lowest BCUT2D eigenvalue weighted by Crippen LogP contribution is -2.36. The van der Waals surface area contributed by atoms with Crippen molar-refractivity contribution in [2.45, 2.75) is 37.8 Å². The Morgan fingerprint density at radius 3 is 2.36 bits per heavy atom. The molecule has 0 radical (unpaired) electrons. The van der Waals surface area contributed by atoms with E-state index in [-0.39, 0.29) is 18.1 Å². The summed E-state index contributed by atoms with van der Waals surface area (Å²) in [6.07, 6.45) is -2.56. The fourth-order valence-corrected chi connectivity index (χ4v) is 3.09. The van der Waals surface area contributed by atoms with Gasteiger partial charge in [-0.15, -0.1) is 0 Å². The van der Waals surface area contributed by atoms with Gasteiger partial charge in [-0.05, 0) is 30.5 Å². The van der Waals surface area contributed by atoms with Crippen molar-refractivity contribution in [1.29, 1.82) is 0 Å². The van der Waals surface area contributed by atoms with Gasteiger partial charge >= 0.3 is 6.18 Å². The van der Waals surface area contributed by atoms with Crippen LogP contribution in [0.3, 0.4) is 0 Å². The highest BCUT2D eigenvalue weighted by atomic mass is 19.4. The lowest BCUT2D eigenvalue weighted by Gasteiger charge is -2.31. The van der Waals surface area contributed by atoms with Crippen LogP contribution in [0.4, 0.5) is 13.2 Å². The maximum atomic E-state index is 12.6. The lowest BCUT2D eigenvalue weighted by molar-refractivity contribution is -0.137. The molecule has 1 atom stereocenters. The van der Waals surface area contributed by atoms with Gasteiger partial charge in [0.2, 0.25) is 5.91 Å². The van der Waals surface area contributed by atoms with Crippen LogP contribution in [0.5, 0.6) is 0 Å². The fourth-order valence-electron chi connectivity index (χ4n) is 3.09. The number of amides is 1. The van der Waals surface area contributed by atoms with E-state index in [2.05, 4.69) is 5.32 Å². The van der Waals surface area contributed by atoms with E-state index in [4.69, 9.17) is 0 Å². The highest BCUT2D eigenvalue weighted by Crippen LogP contribution is 2.39. The number of ketones is 1. The zero-order chi connectivity index (χ0) is 15.9. The van der Waals surface area contributed by atoms with Crippen LogP contribution in [0.2, 0.25) is 0 Å². The first kappa shape index (κ1) is 14.8. The molecule has 1 aliphatic carbocycles. The molecule has 1 N–H and O–H groups in total. The second-order valence-corrected chi connectivity index (χ2v) is 5.59. The van der Waals surface area contributed by atoms with Gasteiger partial charge in [-0.3, -0.25) is 9.59 Å². The van der Waals surface area contributed by atoms with Crippen LogP contribution < -0.4 is 5.32 Å². The standard InChI is InChI=1S/C16H14F3NO2/c17-16(18,19)10-6-4-9(5-7-10)11-8-14(22)20-12-2-1-3-13(21)15(11)12/h4-7,11H,1-3,8H2,(H,20,22)/t11-/m1/s1. The van der Waals surface area contributed by atoms with E-state index in [1.807, 2.05) is 0 Å². The van der Waals surface area contributed by atoms with Crippen LogP contribution in [0.1, 0.15) is 42.7 Å². The normalized spacial score (nSPS) is 22.4. The summed E-state index contributed by atoms with van der Waals surface area (Å²) in [5.41, 5.74) is 1.04. The van der Waals surface area contributed by atoms with Crippen molar-refractivity contribution >= 4 is 11.7 Å². The Morgan fingerprint density at radius 2 is 1.73 bits per heavy atom. The molecule has 1 aromatic rings. The number of alkyl halides is 3. The Morgan fingerprint density at radius 1 is 1.05 bits per heavy atom. The Hall–Kier alpha value is -2.11. The Balaban J connectivity index is 1.99. The van der Waals surface area contributed by atoms with Crippen LogP contribution in [-0.2, 0) is 15.8 Å². The minimum absolute atomic E-state index is 0.0221. The predicted octanol–water partition coefficient (Wildman–Crippen LogP) is 3.32. The van der Waals surface area contributed by atoms with E-state index in [1.54, 1.807) is 0 Å². The highest BCUT2D eigenvalue weighted by molar-refractivity contribution is 6.01. The number of hydrogen-bond acceptors (Lipinski definition) is 2. The molecule has 2 aliphatic rings. The first-order valence-electron chi connectivity index (χ1n) is 7.09. The maximum absolute atomic E-state index is 12.6. The van der Waals surface area contributed by atoms with Gasteiger partial charge in [-0.2, -0.15) is 13.2 Å². The van der Waals surface area contributed by atoms with E-state index in [0.717, 1.165) is 12.1 Å². The zero-order valence-electron chi connectivity index (χ0n) is 11.7. The molecule has 0 unspecified atom stereocenters. The second-order valence-electron chi connectivity index (χ2n) is 5.59. The Kier molecular flexibility index (Phi) is 3.54. The zero-order valence-corrected chi connectivity index (χ0v) is 11.7. The van der Waals surface area contributed by atoms with E-state index in [9.17, 15) is 22.8 Å². The molecule has 0 saturated heterocycles. The average Bonchev–Trinajstić information content (AvgIpc) is 2.45. The van der Waals surface area contributed by atoms with Crippen molar-refractivity contribution in [3.8, 4) is 0 Å². The molecular formula is C16H14F3NO2. The molecule has 3 nitrogen and oxygen atoms in total. The van der Waals surface area contributed by atoms with Gasteiger partial charge in [-0.1, -0.05) is 12.1 Å². The van der Waals surface area contributed by atoms with Crippen molar-refractivity contribution in [2.75, 3.05) is 0 Å². The van der Waals surface area contributed by atoms with Crippen molar-refractivity contribution < 1.29 is 22.8 Å². The van der Waals surface area contributed by atoms with Crippen LogP contribution in [0.25, 0.3) is 0 Å². The number of nitrogens with one attached hydrogen (secondary N) is 1. The second kappa shape index (κ2) is 5.26. The number of Topliss-reactive ketones (excluding diaryl/α,β-unsaturated/α-hetero) is 1. The molecule has 0 bridgehead atoms. The molecule has 22 heavy (non-hydrogen) atoms. The van der Waals surface area contributed by atoms with Gasteiger partial charge in [0.15, 0.2) is 5.78 Å². The molecule has 1 aromatic carbocycles. The van der Waals surface area contributed by atoms with Crippen molar-refractivity contribution in [1.82, 2.24) is 5.32 Å². The molecule has 116 valence electrons. The molecule has 0 spiro atoms. The molecular weight excluding hydrogens is 295 g/mol. The predicted molar refractivity (Wildman–Crippen MR) is 72.8 cm³/mol. The summed E-state index contributed by atoms with van der Waals surface area (Å²) in [5.74, 6) is -0.664.